The molecular formula is C19H23N5O2S. The summed E-state index contributed by atoms with van der Waals surface area (Å²) in [7, 11) is 1.79. The second-order valence-corrected chi connectivity index (χ2v) is 8.53. The lowest BCUT2D eigenvalue weighted by Gasteiger charge is -2.17. The van der Waals surface area contributed by atoms with Crippen LogP contribution in [0.25, 0.3) is 10.2 Å². The Morgan fingerprint density at radius 3 is 2.70 bits per heavy atom. The number of hydrogen-bond donors (Lipinski definition) is 1. The monoisotopic (exact) mass is 385 g/mol. The van der Waals surface area contributed by atoms with E-state index in [1.165, 1.54) is 9.55 Å². The smallest absolute Gasteiger partial charge is 0.272 e. The molecule has 8 heteroatoms. The van der Waals surface area contributed by atoms with Crippen LogP contribution in [0, 0.1) is 26.7 Å². The van der Waals surface area contributed by atoms with E-state index in [0.717, 1.165) is 35.4 Å². The van der Waals surface area contributed by atoms with Crippen LogP contribution in [0.1, 0.15) is 51.4 Å². The number of hydrogen-bond acceptors (Lipinski definition) is 5. The maximum atomic E-state index is 13.2. The summed E-state index contributed by atoms with van der Waals surface area (Å²) in [5.41, 5.74) is 5.54. The molecule has 1 unspecified atom stereocenters. The molecule has 0 aliphatic heterocycles. The first-order valence-corrected chi connectivity index (χ1v) is 9.95. The molecule has 3 heterocycles. The Morgan fingerprint density at radius 2 is 2.04 bits per heavy atom. The fraction of sp³-hybridized carbons (Fsp3) is 0.474. The van der Waals surface area contributed by atoms with Gasteiger partial charge in [-0.25, -0.2) is 9.66 Å². The molecule has 1 amide bonds. The van der Waals surface area contributed by atoms with E-state index in [1.807, 2.05) is 6.92 Å². The average Bonchev–Trinajstić information content (AvgIpc) is 3.07. The van der Waals surface area contributed by atoms with Crippen molar-refractivity contribution in [3.63, 3.8) is 0 Å². The molecule has 0 saturated heterocycles. The van der Waals surface area contributed by atoms with E-state index >= 15 is 0 Å². The highest BCUT2D eigenvalue weighted by atomic mass is 32.1. The highest BCUT2D eigenvalue weighted by Crippen LogP contribution is 2.35. The zero-order valence-corrected chi connectivity index (χ0v) is 17.0. The van der Waals surface area contributed by atoms with Gasteiger partial charge >= 0.3 is 0 Å². The maximum Gasteiger partial charge on any atom is 0.281 e. The van der Waals surface area contributed by atoms with Crippen LogP contribution in [0.15, 0.2) is 4.79 Å². The SMILES string of the molecule is Cc1nn(C)c(C)c1C(=O)Nn1c(C)nc2sc3c(c2c1=O)CCC(C)C3. The molecule has 0 saturated carbocycles. The summed E-state index contributed by atoms with van der Waals surface area (Å²) in [4.78, 5) is 32.7. The number of aromatic nitrogens is 4. The minimum absolute atomic E-state index is 0.197. The highest BCUT2D eigenvalue weighted by Gasteiger charge is 2.25. The average molecular weight is 385 g/mol. The Hall–Kier alpha value is -2.48. The van der Waals surface area contributed by atoms with Gasteiger partial charge in [-0.3, -0.25) is 19.7 Å². The van der Waals surface area contributed by atoms with Crippen LogP contribution in [0.4, 0.5) is 0 Å². The van der Waals surface area contributed by atoms with E-state index in [-0.39, 0.29) is 11.5 Å². The van der Waals surface area contributed by atoms with Crippen LogP contribution in [0.2, 0.25) is 0 Å². The van der Waals surface area contributed by atoms with Crippen molar-refractivity contribution in [3.05, 3.63) is 43.6 Å². The number of nitrogens with one attached hydrogen (secondary N) is 1. The van der Waals surface area contributed by atoms with Gasteiger partial charge in [-0.15, -0.1) is 11.3 Å². The number of carbonyl (C=O) groups is 1. The number of rotatable bonds is 2. The van der Waals surface area contributed by atoms with Gasteiger partial charge in [-0.05, 0) is 51.5 Å². The van der Waals surface area contributed by atoms with Gasteiger partial charge in [-0.1, -0.05) is 6.92 Å². The first-order valence-electron chi connectivity index (χ1n) is 9.13. The molecule has 1 N–H and O–H groups in total. The summed E-state index contributed by atoms with van der Waals surface area (Å²) in [6, 6.07) is 0. The van der Waals surface area contributed by atoms with E-state index in [0.29, 0.717) is 28.4 Å². The summed E-state index contributed by atoms with van der Waals surface area (Å²) in [6.07, 6.45) is 2.97. The van der Waals surface area contributed by atoms with Gasteiger partial charge in [0.05, 0.1) is 16.6 Å². The fourth-order valence-corrected chi connectivity index (χ4v) is 5.30. The van der Waals surface area contributed by atoms with Crippen molar-refractivity contribution in [2.45, 2.75) is 47.0 Å². The Kier molecular flexibility index (Phi) is 4.18. The van der Waals surface area contributed by atoms with Crippen LogP contribution in [-0.2, 0) is 19.9 Å². The second-order valence-electron chi connectivity index (χ2n) is 7.44. The Labute approximate surface area is 161 Å². The lowest BCUT2D eigenvalue weighted by Crippen LogP contribution is -2.36. The van der Waals surface area contributed by atoms with Crippen LogP contribution < -0.4 is 11.0 Å². The van der Waals surface area contributed by atoms with E-state index in [1.54, 1.807) is 36.9 Å². The maximum absolute atomic E-state index is 13.2. The molecule has 1 aliphatic carbocycles. The van der Waals surface area contributed by atoms with E-state index in [4.69, 9.17) is 0 Å². The number of thiophene rings is 1. The van der Waals surface area contributed by atoms with Crippen molar-refractivity contribution >= 4 is 27.5 Å². The third-order valence-corrected chi connectivity index (χ3v) is 6.59. The van der Waals surface area contributed by atoms with Crippen molar-refractivity contribution < 1.29 is 4.79 Å². The molecule has 0 fully saturated rings. The minimum atomic E-state index is -0.345. The number of aryl methyl sites for hydroxylation is 4. The number of fused-ring (bicyclic) bond motifs is 3. The molecule has 4 rings (SSSR count). The molecular weight excluding hydrogens is 362 g/mol. The topological polar surface area (TPSA) is 81.8 Å². The van der Waals surface area contributed by atoms with E-state index in [2.05, 4.69) is 22.4 Å². The number of carbonyl (C=O) groups excluding carboxylic acids is 1. The van der Waals surface area contributed by atoms with Crippen molar-refractivity contribution in [1.29, 1.82) is 0 Å². The summed E-state index contributed by atoms with van der Waals surface area (Å²) in [5.74, 6) is 0.763. The molecule has 142 valence electrons. The molecule has 3 aromatic heterocycles. The Bertz CT molecular complexity index is 1140. The molecule has 0 aromatic carbocycles. The summed E-state index contributed by atoms with van der Waals surface area (Å²) in [6.45, 7) is 7.60. The first kappa shape index (κ1) is 17.9. The van der Waals surface area contributed by atoms with Crippen LogP contribution in [-0.4, -0.2) is 25.3 Å². The van der Waals surface area contributed by atoms with Crippen molar-refractivity contribution in [2.75, 3.05) is 5.43 Å². The van der Waals surface area contributed by atoms with Crippen LogP contribution in [0.5, 0.6) is 0 Å². The van der Waals surface area contributed by atoms with Gasteiger partial charge in [0.1, 0.15) is 10.7 Å². The Morgan fingerprint density at radius 1 is 1.30 bits per heavy atom. The van der Waals surface area contributed by atoms with Gasteiger partial charge in [0.15, 0.2) is 0 Å². The lowest BCUT2D eigenvalue weighted by atomic mass is 9.89. The molecule has 0 bridgehead atoms. The van der Waals surface area contributed by atoms with Crippen molar-refractivity contribution in [1.82, 2.24) is 19.4 Å². The summed E-state index contributed by atoms with van der Waals surface area (Å²) < 4.78 is 2.94. The quantitative estimate of drug-likeness (QED) is 0.735. The third-order valence-electron chi connectivity index (χ3n) is 5.45. The van der Waals surface area contributed by atoms with Crippen LogP contribution in [0.3, 0.4) is 0 Å². The van der Waals surface area contributed by atoms with Gasteiger partial charge in [0.2, 0.25) is 0 Å². The number of nitrogens with zero attached hydrogens (tertiary/aromatic N) is 4. The normalized spacial score (nSPS) is 16.6. The van der Waals surface area contributed by atoms with Crippen LogP contribution >= 0.6 is 11.3 Å². The number of amides is 1. The molecule has 1 aliphatic rings. The summed E-state index contributed by atoms with van der Waals surface area (Å²) >= 11 is 1.61. The predicted molar refractivity (Wildman–Crippen MR) is 106 cm³/mol. The first-order chi connectivity index (χ1) is 12.8. The largest absolute Gasteiger partial charge is 0.281 e. The Balaban J connectivity index is 1.80. The lowest BCUT2D eigenvalue weighted by molar-refractivity contribution is 0.100. The molecule has 1 atom stereocenters. The van der Waals surface area contributed by atoms with E-state index < -0.39 is 0 Å². The van der Waals surface area contributed by atoms with E-state index in [9.17, 15) is 9.59 Å². The zero-order chi connectivity index (χ0) is 19.5. The van der Waals surface area contributed by atoms with Crippen molar-refractivity contribution in [2.24, 2.45) is 13.0 Å². The van der Waals surface area contributed by atoms with Gasteiger partial charge in [0.25, 0.3) is 11.5 Å². The zero-order valence-electron chi connectivity index (χ0n) is 16.2. The third kappa shape index (κ3) is 2.79. The second kappa shape index (κ2) is 6.30. The highest BCUT2D eigenvalue weighted by molar-refractivity contribution is 7.18. The fourth-order valence-electron chi connectivity index (χ4n) is 3.88. The molecule has 27 heavy (non-hydrogen) atoms. The standard InChI is InChI=1S/C19H23N5O2S/c1-9-6-7-13-14(8-9)27-18-16(13)19(26)24(12(4)20-18)22-17(25)15-10(2)21-23(5)11(15)3/h9H,6-8H2,1-5H3,(H,22,25). The molecule has 3 aromatic rings. The van der Waals surface area contributed by atoms with Gasteiger partial charge < -0.3 is 0 Å². The van der Waals surface area contributed by atoms with Gasteiger partial charge in [-0.2, -0.15) is 5.10 Å². The minimum Gasteiger partial charge on any atom is -0.272 e. The molecule has 7 nitrogen and oxygen atoms in total. The summed E-state index contributed by atoms with van der Waals surface area (Å²) in [5, 5.41) is 4.94. The molecule has 0 radical (unpaired) electrons. The van der Waals surface area contributed by atoms with Gasteiger partial charge in [0, 0.05) is 17.6 Å². The predicted octanol–water partition coefficient (Wildman–Crippen LogP) is 2.63. The van der Waals surface area contributed by atoms with Crippen molar-refractivity contribution in [3.8, 4) is 0 Å². The molecule has 0 spiro atoms.